The summed E-state index contributed by atoms with van der Waals surface area (Å²) in [6.07, 6.45) is -3.47. The molecular weight excluding hydrogens is 413 g/mol. The number of nitrogens with two attached hydrogens (primary N) is 1. The molecule has 0 saturated heterocycles. The molecular formula is C21H17F3N4O3. The largest absolute Gasteiger partial charge is 0.573 e. The Bertz CT molecular complexity index is 1120. The first kappa shape index (κ1) is 21.8. The number of benzene rings is 2. The molecule has 0 radical (unpaired) electrons. The molecule has 0 fully saturated rings. The van der Waals surface area contributed by atoms with Crippen molar-refractivity contribution in [3.63, 3.8) is 0 Å². The number of carbonyl (C=O) groups is 2. The fraction of sp³-hybridized carbons (Fsp3) is 0.143. The maximum absolute atomic E-state index is 12.7. The number of rotatable bonds is 6. The lowest BCUT2D eigenvalue weighted by Gasteiger charge is -2.14. The number of nitrogens with one attached hydrogen (secondary N) is 1. The molecule has 0 bridgehead atoms. The van der Waals surface area contributed by atoms with Crippen LogP contribution in [0.2, 0.25) is 0 Å². The Morgan fingerprint density at radius 1 is 1.06 bits per heavy atom. The Labute approximate surface area is 175 Å². The van der Waals surface area contributed by atoms with Gasteiger partial charge in [0.25, 0.3) is 5.91 Å². The third-order valence-electron chi connectivity index (χ3n) is 4.22. The maximum Gasteiger partial charge on any atom is 0.573 e. The van der Waals surface area contributed by atoms with Crippen LogP contribution in [0.25, 0.3) is 22.4 Å². The van der Waals surface area contributed by atoms with E-state index in [1.54, 1.807) is 36.4 Å². The molecule has 3 rings (SSSR count). The highest BCUT2D eigenvalue weighted by Gasteiger charge is 2.32. The lowest BCUT2D eigenvalue weighted by Crippen LogP contribution is -2.42. The van der Waals surface area contributed by atoms with E-state index >= 15 is 0 Å². The van der Waals surface area contributed by atoms with Gasteiger partial charge < -0.3 is 15.8 Å². The quantitative estimate of drug-likeness (QED) is 0.624. The number of para-hydroxylation sites is 1. The Balaban J connectivity index is 1.93. The predicted octanol–water partition coefficient (Wildman–Crippen LogP) is 3.31. The zero-order valence-corrected chi connectivity index (χ0v) is 16.2. The van der Waals surface area contributed by atoms with E-state index in [1.165, 1.54) is 31.3 Å². The zero-order chi connectivity index (χ0) is 22.6. The Morgan fingerprint density at radius 2 is 1.77 bits per heavy atom. The molecule has 0 aliphatic rings. The highest BCUT2D eigenvalue weighted by atomic mass is 19.4. The summed E-state index contributed by atoms with van der Waals surface area (Å²) < 4.78 is 42.3. The van der Waals surface area contributed by atoms with Crippen molar-refractivity contribution in [1.29, 1.82) is 0 Å². The van der Waals surface area contributed by atoms with Crippen LogP contribution in [0.15, 0.2) is 60.8 Å². The van der Waals surface area contributed by atoms with Crippen molar-refractivity contribution in [3.8, 4) is 28.1 Å². The van der Waals surface area contributed by atoms with E-state index in [2.05, 4.69) is 20.0 Å². The normalized spacial score (nSPS) is 12.1. The number of hydrogen-bond donors (Lipinski definition) is 2. The molecule has 2 amide bonds. The van der Waals surface area contributed by atoms with E-state index in [0.29, 0.717) is 16.8 Å². The standard InChI is InChI=1S/C21H17F3N4O3/c1-12(18(25)29)27-20(30)19-26-10-9-16(28-19)14-6-4-5-13(11-14)15-7-2-3-8-17(15)31-21(22,23)24/h2-12H,1H3,(H2,25,29)(H,27,30)/t12-/m1/s1. The Morgan fingerprint density at radius 3 is 2.48 bits per heavy atom. The van der Waals surface area contributed by atoms with Crippen molar-refractivity contribution in [3.05, 3.63) is 66.6 Å². The minimum absolute atomic E-state index is 0.184. The van der Waals surface area contributed by atoms with E-state index in [4.69, 9.17) is 5.73 Å². The fourth-order valence-electron chi connectivity index (χ4n) is 2.73. The molecule has 0 aliphatic carbocycles. The summed E-state index contributed by atoms with van der Waals surface area (Å²) in [4.78, 5) is 31.4. The molecule has 31 heavy (non-hydrogen) atoms. The zero-order valence-electron chi connectivity index (χ0n) is 16.2. The number of ether oxygens (including phenoxy) is 1. The van der Waals surface area contributed by atoms with Crippen molar-refractivity contribution in [2.75, 3.05) is 0 Å². The molecule has 160 valence electrons. The van der Waals surface area contributed by atoms with Gasteiger partial charge in [-0.1, -0.05) is 36.4 Å². The first-order valence-electron chi connectivity index (χ1n) is 9.03. The Hall–Kier alpha value is -3.95. The van der Waals surface area contributed by atoms with Crippen LogP contribution < -0.4 is 15.8 Å². The minimum Gasteiger partial charge on any atom is -0.405 e. The van der Waals surface area contributed by atoms with Gasteiger partial charge in [0.1, 0.15) is 11.8 Å². The summed E-state index contributed by atoms with van der Waals surface area (Å²) in [7, 11) is 0. The molecule has 0 saturated carbocycles. The number of alkyl halides is 3. The number of nitrogens with zero attached hydrogens (tertiary/aromatic N) is 2. The average molecular weight is 430 g/mol. The van der Waals surface area contributed by atoms with Crippen LogP contribution in [-0.2, 0) is 4.79 Å². The van der Waals surface area contributed by atoms with Gasteiger partial charge in [-0.3, -0.25) is 9.59 Å². The number of carbonyl (C=O) groups excluding carboxylic acids is 2. The van der Waals surface area contributed by atoms with Gasteiger partial charge in [-0.15, -0.1) is 13.2 Å². The van der Waals surface area contributed by atoms with E-state index in [9.17, 15) is 22.8 Å². The molecule has 0 aliphatic heterocycles. The molecule has 3 aromatic rings. The SMILES string of the molecule is C[C@@H](NC(=O)c1nccc(-c2cccc(-c3ccccc3OC(F)(F)F)c2)n1)C(N)=O. The molecule has 1 aromatic heterocycles. The van der Waals surface area contributed by atoms with Crippen molar-refractivity contribution in [2.45, 2.75) is 19.3 Å². The van der Waals surface area contributed by atoms with Crippen molar-refractivity contribution in [1.82, 2.24) is 15.3 Å². The highest BCUT2D eigenvalue weighted by Crippen LogP contribution is 2.35. The molecule has 3 N–H and O–H groups in total. The van der Waals surface area contributed by atoms with Gasteiger partial charge in [0.15, 0.2) is 0 Å². The summed E-state index contributed by atoms with van der Waals surface area (Å²) >= 11 is 0. The van der Waals surface area contributed by atoms with E-state index in [1.807, 2.05) is 0 Å². The maximum atomic E-state index is 12.7. The molecule has 2 aromatic carbocycles. The van der Waals surface area contributed by atoms with Crippen LogP contribution >= 0.6 is 0 Å². The molecule has 0 unspecified atom stereocenters. The van der Waals surface area contributed by atoms with Gasteiger partial charge in [-0.2, -0.15) is 0 Å². The van der Waals surface area contributed by atoms with Crippen LogP contribution in [0.5, 0.6) is 5.75 Å². The van der Waals surface area contributed by atoms with Gasteiger partial charge >= 0.3 is 6.36 Å². The van der Waals surface area contributed by atoms with Crippen LogP contribution in [0, 0.1) is 0 Å². The highest BCUT2D eigenvalue weighted by molar-refractivity contribution is 5.94. The van der Waals surface area contributed by atoms with E-state index in [-0.39, 0.29) is 17.1 Å². The summed E-state index contributed by atoms with van der Waals surface area (Å²) in [5.74, 6) is -1.92. The minimum atomic E-state index is -4.83. The first-order valence-corrected chi connectivity index (χ1v) is 9.03. The van der Waals surface area contributed by atoms with Gasteiger partial charge in [-0.05, 0) is 30.7 Å². The second-order valence-corrected chi connectivity index (χ2v) is 6.49. The van der Waals surface area contributed by atoms with Crippen molar-refractivity contribution < 1.29 is 27.5 Å². The Kier molecular flexibility index (Phi) is 6.19. The molecule has 7 nitrogen and oxygen atoms in total. The third-order valence-corrected chi connectivity index (χ3v) is 4.22. The topological polar surface area (TPSA) is 107 Å². The van der Waals surface area contributed by atoms with Crippen LogP contribution in [0.3, 0.4) is 0 Å². The van der Waals surface area contributed by atoms with Crippen LogP contribution in [-0.4, -0.2) is 34.2 Å². The summed E-state index contributed by atoms with van der Waals surface area (Å²) in [5, 5.41) is 2.38. The predicted molar refractivity (Wildman–Crippen MR) is 106 cm³/mol. The first-order chi connectivity index (χ1) is 14.6. The summed E-state index contributed by atoms with van der Waals surface area (Å²) in [6.45, 7) is 1.42. The second-order valence-electron chi connectivity index (χ2n) is 6.49. The van der Waals surface area contributed by atoms with E-state index in [0.717, 1.165) is 0 Å². The van der Waals surface area contributed by atoms with E-state index < -0.39 is 24.2 Å². The van der Waals surface area contributed by atoms with Crippen LogP contribution in [0.1, 0.15) is 17.5 Å². The van der Waals surface area contributed by atoms with Gasteiger partial charge in [0.05, 0.1) is 5.69 Å². The third kappa shape index (κ3) is 5.56. The van der Waals surface area contributed by atoms with Crippen LogP contribution in [0.4, 0.5) is 13.2 Å². The number of halogens is 3. The van der Waals surface area contributed by atoms with Gasteiger partial charge in [-0.25, -0.2) is 9.97 Å². The summed E-state index contributed by atoms with van der Waals surface area (Å²) in [6, 6.07) is 13.0. The number of amides is 2. The number of aromatic nitrogens is 2. The second kappa shape index (κ2) is 8.82. The molecule has 10 heteroatoms. The lowest BCUT2D eigenvalue weighted by atomic mass is 10.0. The summed E-state index contributed by atoms with van der Waals surface area (Å²) in [5.41, 5.74) is 6.74. The lowest BCUT2D eigenvalue weighted by molar-refractivity contribution is -0.274. The van der Waals surface area contributed by atoms with Gasteiger partial charge in [0.2, 0.25) is 11.7 Å². The molecule has 1 atom stereocenters. The smallest absolute Gasteiger partial charge is 0.405 e. The molecule has 0 spiro atoms. The van der Waals surface area contributed by atoms with Crippen molar-refractivity contribution in [2.24, 2.45) is 5.73 Å². The number of hydrogen-bond acceptors (Lipinski definition) is 5. The monoisotopic (exact) mass is 430 g/mol. The number of primary amides is 1. The van der Waals surface area contributed by atoms with Crippen molar-refractivity contribution >= 4 is 11.8 Å². The van der Waals surface area contributed by atoms with Gasteiger partial charge in [0, 0.05) is 17.3 Å². The molecule has 1 heterocycles. The average Bonchev–Trinajstić information content (AvgIpc) is 2.73. The fourth-order valence-corrected chi connectivity index (χ4v) is 2.73.